The second-order valence-corrected chi connectivity index (χ2v) is 21.2. The summed E-state index contributed by atoms with van der Waals surface area (Å²) in [5, 5.41) is 7.35. The quantitative estimate of drug-likeness (QED) is 0.137. The molecule has 0 atom stereocenters. The van der Waals surface area contributed by atoms with Gasteiger partial charge in [-0.05, 0) is 164 Å². The van der Waals surface area contributed by atoms with E-state index < -0.39 is 0 Å². The predicted molar refractivity (Wildman–Crippen MR) is 342 cm³/mol. The molecule has 3 nitrogen and oxygen atoms in total. The van der Waals surface area contributed by atoms with Crippen molar-refractivity contribution in [2.45, 2.75) is 0 Å². The molecule has 0 unspecified atom stereocenters. The molecule has 0 fully saturated rings. The Balaban J connectivity index is 0.884. The standard InChI is InChI=1S/C78H51N3/c1-6-20-52(21-7-1)56-28-16-32-63(46-56)80-73-44-40-60(50-69(73)77-65(34-18-36-75(77)80)54-24-10-3-11-25-54)58-38-42-71-67(48-58)68-49-59(39-43-72(68)79(71)62-30-14-5-15-31-62)61-41-45-74-70(51-61)78-66(55-26-12-4-13-27-55)35-19-37-76(78)81(74)64-33-17-29-57(47-64)53-22-8-2-9-23-53/h1-51H. The molecule has 378 valence electrons. The molecule has 3 heteroatoms. The number of rotatable bonds is 9. The molecule has 0 radical (unpaired) electrons. The van der Waals surface area contributed by atoms with Crippen molar-refractivity contribution in [2.24, 2.45) is 0 Å². The first-order valence-electron chi connectivity index (χ1n) is 27.9. The van der Waals surface area contributed by atoms with E-state index in [1.807, 2.05) is 0 Å². The summed E-state index contributed by atoms with van der Waals surface area (Å²) in [6, 6.07) is 114. The number of fused-ring (bicyclic) bond motifs is 9. The molecule has 0 spiro atoms. The van der Waals surface area contributed by atoms with Crippen molar-refractivity contribution >= 4 is 65.4 Å². The molecule has 0 saturated carbocycles. The fraction of sp³-hybridized carbons (Fsp3) is 0. The van der Waals surface area contributed by atoms with Crippen LogP contribution in [0.5, 0.6) is 0 Å². The van der Waals surface area contributed by atoms with Crippen LogP contribution in [0.25, 0.3) is 149 Å². The van der Waals surface area contributed by atoms with Gasteiger partial charge in [-0.25, -0.2) is 0 Å². The second-order valence-electron chi connectivity index (χ2n) is 21.2. The van der Waals surface area contributed by atoms with E-state index in [2.05, 4.69) is 323 Å². The van der Waals surface area contributed by atoms with Crippen LogP contribution in [0.4, 0.5) is 0 Å². The number of nitrogens with zero attached hydrogens (tertiary/aromatic N) is 3. The molecule has 16 rings (SSSR count). The third-order valence-corrected chi connectivity index (χ3v) is 16.6. The highest BCUT2D eigenvalue weighted by Crippen LogP contribution is 2.45. The van der Waals surface area contributed by atoms with Crippen molar-refractivity contribution in [3.63, 3.8) is 0 Å². The third-order valence-electron chi connectivity index (χ3n) is 16.6. The normalized spacial score (nSPS) is 11.7. The zero-order valence-corrected chi connectivity index (χ0v) is 44.3. The van der Waals surface area contributed by atoms with Crippen molar-refractivity contribution in [1.82, 2.24) is 13.7 Å². The Morgan fingerprint density at radius 2 is 0.444 bits per heavy atom. The smallest absolute Gasteiger partial charge is 0.0547 e. The van der Waals surface area contributed by atoms with E-state index >= 15 is 0 Å². The first-order valence-corrected chi connectivity index (χ1v) is 27.9. The maximum absolute atomic E-state index is 2.45. The second kappa shape index (κ2) is 19.0. The van der Waals surface area contributed by atoms with Crippen LogP contribution in [0.3, 0.4) is 0 Å². The van der Waals surface area contributed by atoms with Gasteiger partial charge in [0.1, 0.15) is 0 Å². The molecular weight excluding hydrogens is 979 g/mol. The molecule has 3 aromatic heterocycles. The number of hydrogen-bond donors (Lipinski definition) is 0. The highest BCUT2D eigenvalue weighted by molar-refractivity contribution is 6.19. The van der Waals surface area contributed by atoms with E-state index in [-0.39, 0.29) is 0 Å². The van der Waals surface area contributed by atoms with Gasteiger partial charge in [0.05, 0.1) is 33.1 Å². The van der Waals surface area contributed by atoms with Crippen LogP contribution < -0.4 is 0 Å². The fourth-order valence-corrected chi connectivity index (χ4v) is 12.9. The minimum atomic E-state index is 1.13. The van der Waals surface area contributed by atoms with Crippen LogP contribution in [-0.4, -0.2) is 13.7 Å². The van der Waals surface area contributed by atoms with Gasteiger partial charge in [-0.2, -0.15) is 0 Å². The largest absolute Gasteiger partial charge is 0.309 e. The van der Waals surface area contributed by atoms with Gasteiger partial charge in [-0.3, -0.25) is 0 Å². The minimum absolute atomic E-state index is 1.13. The maximum atomic E-state index is 2.45. The van der Waals surface area contributed by atoms with Gasteiger partial charge in [0.25, 0.3) is 0 Å². The predicted octanol–water partition coefficient (Wildman–Crippen LogP) is 21.0. The summed E-state index contributed by atoms with van der Waals surface area (Å²) in [7, 11) is 0. The van der Waals surface area contributed by atoms with Crippen LogP contribution in [0, 0.1) is 0 Å². The van der Waals surface area contributed by atoms with Gasteiger partial charge in [-0.15, -0.1) is 0 Å². The van der Waals surface area contributed by atoms with Crippen LogP contribution in [0.15, 0.2) is 309 Å². The number of aromatic nitrogens is 3. The van der Waals surface area contributed by atoms with Gasteiger partial charge >= 0.3 is 0 Å². The van der Waals surface area contributed by atoms with Crippen LogP contribution >= 0.6 is 0 Å². The van der Waals surface area contributed by atoms with Crippen LogP contribution in [-0.2, 0) is 0 Å². The fourth-order valence-electron chi connectivity index (χ4n) is 12.9. The van der Waals surface area contributed by atoms with Crippen molar-refractivity contribution in [1.29, 1.82) is 0 Å². The lowest BCUT2D eigenvalue weighted by Crippen LogP contribution is -1.94. The van der Waals surface area contributed by atoms with Crippen molar-refractivity contribution in [2.75, 3.05) is 0 Å². The molecular formula is C78H51N3. The summed E-state index contributed by atoms with van der Waals surface area (Å²) in [6.45, 7) is 0. The zero-order chi connectivity index (χ0) is 53.4. The van der Waals surface area contributed by atoms with Gasteiger partial charge in [0, 0.05) is 49.4 Å². The maximum Gasteiger partial charge on any atom is 0.0547 e. The lowest BCUT2D eigenvalue weighted by molar-refractivity contribution is 1.18. The van der Waals surface area contributed by atoms with Crippen molar-refractivity contribution in [3.05, 3.63) is 309 Å². The minimum Gasteiger partial charge on any atom is -0.309 e. The molecule has 3 heterocycles. The van der Waals surface area contributed by atoms with Gasteiger partial charge in [-0.1, -0.05) is 212 Å². The Morgan fingerprint density at radius 3 is 0.840 bits per heavy atom. The van der Waals surface area contributed by atoms with E-state index in [1.54, 1.807) is 0 Å². The monoisotopic (exact) mass is 1030 g/mol. The summed E-state index contributed by atoms with van der Waals surface area (Å²) in [5.41, 5.74) is 24.8. The van der Waals surface area contributed by atoms with E-state index in [1.165, 1.54) is 132 Å². The van der Waals surface area contributed by atoms with Gasteiger partial charge in [0.2, 0.25) is 0 Å². The first-order chi connectivity index (χ1) is 40.2. The summed E-state index contributed by atoms with van der Waals surface area (Å²) in [4.78, 5) is 0. The molecule has 0 bridgehead atoms. The lowest BCUT2D eigenvalue weighted by Gasteiger charge is -2.11. The SMILES string of the molecule is c1ccc(-c2cccc(-n3c4ccc(-c5ccc6c(c5)c5cc(-c7ccc8c(c7)c7c(-c9ccccc9)cccc7n8-c7cccc(-c8ccccc8)c7)ccc5n6-c5ccccc5)cc4c4c(-c5ccccc5)cccc43)c2)cc1. The number of para-hydroxylation sites is 1. The molecule has 0 aliphatic carbocycles. The number of hydrogen-bond acceptors (Lipinski definition) is 0. The summed E-state index contributed by atoms with van der Waals surface area (Å²) >= 11 is 0. The molecule has 0 aliphatic rings. The Hall–Kier alpha value is -10.7. The van der Waals surface area contributed by atoms with E-state index in [0.29, 0.717) is 0 Å². The zero-order valence-electron chi connectivity index (χ0n) is 44.3. The molecule has 0 saturated heterocycles. The molecule has 16 aromatic rings. The lowest BCUT2D eigenvalue weighted by atomic mass is 9.96. The molecule has 0 N–H and O–H groups in total. The van der Waals surface area contributed by atoms with Gasteiger partial charge in [0.15, 0.2) is 0 Å². The molecule has 81 heavy (non-hydrogen) atoms. The molecule has 0 amide bonds. The van der Waals surface area contributed by atoms with E-state index in [9.17, 15) is 0 Å². The summed E-state index contributed by atoms with van der Waals surface area (Å²) in [6.07, 6.45) is 0. The first kappa shape index (κ1) is 46.4. The summed E-state index contributed by atoms with van der Waals surface area (Å²) in [5.74, 6) is 0. The summed E-state index contributed by atoms with van der Waals surface area (Å²) < 4.78 is 7.33. The van der Waals surface area contributed by atoms with Crippen molar-refractivity contribution < 1.29 is 0 Å². The van der Waals surface area contributed by atoms with E-state index in [0.717, 1.165) is 17.1 Å². The molecule has 13 aromatic carbocycles. The highest BCUT2D eigenvalue weighted by atomic mass is 15.0. The Morgan fingerprint density at radius 1 is 0.160 bits per heavy atom. The van der Waals surface area contributed by atoms with Crippen LogP contribution in [0.2, 0.25) is 0 Å². The average molecular weight is 1030 g/mol. The van der Waals surface area contributed by atoms with Crippen molar-refractivity contribution in [3.8, 4) is 83.8 Å². The van der Waals surface area contributed by atoms with Crippen LogP contribution in [0.1, 0.15) is 0 Å². The topological polar surface area (TPSA) is 14.8 Å². The van der Waals surface area contributed by atoms with Gasteiger partial charge < -0.3 is 13.7 Å². The number of benzene rings is 13. The average Bonchev–Trinajstić information content (AvgIpc) is 4.39. The Bertz CT molecular complexity index is 4770. The molecule has 0 aliphatic heterocycles. The third kappa shape index (κ3) is 7.74. The van der Waals surface area contributed by atoms with E-state index in [4.69, 9.17) is 0 Å². The Labute approximate surface area is 469 Å². The Kier molecular flexibility index (Phi) is 10.9. The highest BCUT2D eigenvalue weighted by Gasteiger charge is 2.22.